The number of aromatic amines is 1. The molecule has 0 bridgehead atoms. The van der Waals surface area contributed by atoms with Crippen molar-refractivity contribution in [3.05, 3.63) is 71.0 Å². The van der Waals surface area contributed by atoms with E-state index in [1.165, 1.54) is 11.1 Å². The Balaban J connectivity index is 1.46. The molecule has 1 atom stereocenters. The van der Waals surface area contributed by atoms with E-state index in [0.29, 0.717) is 12.2 Å². The van der Waals surface area contributed by atoms with Crippen LogP contribution in [0, 0.1) is 0 Å². The molecule has 0 spiro atoms. The number of hydrogen-bond donors (Lipinski definition) is 2. The molecule has 31 heavy (non-hydrogen) atoms. The Hall–Kier alpha value is -3.68. The smallest absolute Gasteiger partial charge is 0.410 e. The molecule has 0 saturated carbocycles. The van der Waals surface area contributed by atoms with Gasteiger partial charge in [-0.3, -0.25) is 0 Å². The summed E-state index contributed by atoms with van der Waals surface area (Å²) in [5.74, 6) is -1.17. The molecule has 2 N–H and O–H groups in total. The largest absolute Gasteiger partial charge is 0.476 e. The van der Waals surface area contributed by atoms with Crippen molar-refractivity contribution < 1.29 is 19.4 Å². The normalized spacial score (nSPS) is 13.4. The summed E-state index contributed by atoms with van der Waals surface area (Å²) < 4.78 is 5.74. The minimum Gasteiger partial charge on any atom is -0.476 e. The van der Waals surface area contributed by atoms with Crippen molar-refractivity contribution in [1.29, 1.82) is 0 Å². The molecule has 0 saturated heterocycles. The number of rotatable bonds is 7. The average Bonchev–Trinajstić information content (AvgIpc) is 3.35. The Labute approximate surface area is 179 Å². The summed E-state index contributed by atoms with van der Waals surface area (Å²) in [6, 6.07) is 16.1. The van der Waals surface area contributed by atoms with Gasteiger partial charge in [0.05, 0.1) is 5.69 Å². The molecule has 2 aromatic carbocycles. The standard InChI is InChI=1S/C23H24N4O4/c1-3-27(14(2)12-20-21(22(28)29)25-26-24-20)23(30)31-13-19-17-10-6-4-8-15(17)16-9-5-7-11-18(16)19/h4-11,14,19H,3,12-13H2,1-2H3,(H,28,29)(H,24,25,26). The molecule has 160 valence electrons. The number of ether oxygens (including phenoxy) is 1. The van der Waals surface area contributed by atoms with Gasteiger partial charge >= 0.3 is 12.1 Å². The zero-order chi connectivity index (χ0) is 22.0. The molecule has 1 aromatic heterocycles. The first-order valence-corrected chi connectivity index (χ1v) is 10.3. The van der Waals surface area contributed by atoms with E-state index < -0.39 is 12.1 Å². The van der Waals surface area contributed by atoms with Crippen molar-refractivity contribution in [2.75, 3.05) is 13.2 Å². The van der Waals surface area contributed by atoms with Crippen LogP contribution in [0.3, 0.4) is 0 Å². The molecule has 0 fully saturated rings. The number of carbonyl (C=O) groups excluding carboxylic acids is 1. The van der Waals surface area contributed by atoms with E-state index in [4.69, 9.17) is 4.74 Å². The zero-order valence-corrected chi connectivity index (χ0v) is 17.4. The number of carbonyl (C=O) groups is 2. The number of carboxylic acids is 1. The van der Waals surface area contributed by atoms with Crippen LogP contribution in [0.15, 0.2) is 48.5 Å². The molecule has 1 unspecified atom stereocenters. The quantitative estimate of drug-likeness (QED) is 0.603. The van der Waals surface area contributed by atoms with Crippen LogP contribution in [0.5, 0.6) is 0 Å². The fourth-order valence-electron chi connectivity index (χ4n) is 4.25. The van der Waals surface area contributed by atoms with E-state index in [0.717, 1.165) is 11.1 Å². The van der Waals surface area contributed by atoms with E-state index in [1.807, 2.05) is 38.1 Å². The lowest BCUT2D eigenvalue weighted by molar-refractivity contribution is 0.0688. The highest BCUT2D eigenvalue weighted by Crippen LogP contribution is 2.44. The molecule has 3 aromatic rings. The van der Waals surface area contributed by atoms with E-state index in [2.05, 4.69) is 39.7 Å². The summed E-state index contributed by atoms with van der Waals surface area (Å²) >= 11 is 0. The van der Waals surface area contributed by atoms with Crippen LogP contribution in [0.25, 0.3) is 11.1 Å². The highest BCUT2D eigenvalue weighted by atomic mass is 16.6. The number of amides is 1. The summed E-state index contributed by atoms with van der Waals surface area (Å²) in [6.07, 6.45) is -0.173. The number of H-pyrrole nitrogens is 1. The Bertz CT molecular complexity index is 1060. The Morgan fingerprint density at radius 2 is 1.71 bits per heavy atom. The average molecular weight is 420 g/mol. The van der Waals surface area contributed by atoms with Gasteiger partial charge in [0.2, 0.25) is 0 Å². The van der Waals surface area contributed by atoms with Crippen LogP contribution in [0.4, 0.5) is 4.79 Å². The number of benzene rings is 2. The topological polar surface area (TPSA) is 108 Å². The lowest BCUT2D eigenvalue weighted by Crippen LogP contribution is -2.40. The molecule has 1 heterocycles. The summed E-state index contributed by atoms with van der Waals surface area (Å²) in [6.45, 7) is 4.36. The first kappa shape index (κ1) is 20.6. The molecule has 0 radical (unpaired) electrons. The summed E-state index contributed by atoms with van der Waals surface area (Å²) in [5, 5.41) is 19.1. The van der Waals surface area contributed by atoms with Gasteiger partial charge in [0.1, 0.15) is 6.61 Å². The first-order valence-electron chi connectivity index (χ1n) is 10.3. The number of fused-ring (bicyclic) bond motifs is 3. The maximum Gasteiger partial charge on any atom is 0.410 e. The Morgan fingerprint density at radius 1 is 1.10 bits per heavy atom. The maximum atomic E-state index is 12.9. The third kappa shape index (κ3) is 3.88. The molecule has 0 aliphatic heterocycles. The van der Waals surface area contributed by atoms with Gasteiger partial charge in [-0.1, -0.05) is 48.5 Å². The van der Waals surface area contributed by atoms with Crippen LogP contribution in [-0.2, 0) is 11.2 Å². The minimum absolute atomic E-state index is 0.0143. The molecular formula is C23H24N4O4. The van der Waals surface area contributed by atoms with Crippen LogP contribution < -0.4 is 0 Å². The number of likely N-dealkylation sites (N-methyl/N-ethyl adjacent to an activating group) is 1. The number of aromatic nitrogens is 3. The van der Waals surface area contributed by atoms with Gasteiger partial charge in [-0.15, -0.1) is 5.10 Å². The fourth-order valence-corrected chi connectivity index (χ4v) is 4.25. The molecule has 8 nitrogen and oxygen atoms in total. The van der Waals surface area contributed by atoms with Gasteiger partial charge in [0.15, 0.2) is 5.69 Å². The molecule has 1 amide bonds. The van der Waals surface area contributed by atoms with Gasteiger partial charge in [-0.05, 0) is 36.1 Å². The van der Waals surface area contributed by atoms with Crippen molar-refractivity contribution in [1.82, 2.24) is 20.3 Å². The zero-order valence-electron chi connectivity index (χ0n) is 17.4. The van der Waals surface area contributed by atoms with E-state index in [9.17, 15) is 14.7 Å². The SMILES string of the molecule is CCN(C(=O)OCC1c2ccccc2-c2ccccc21)C(C)Cc1n[nH]nc1C(=O)O. The Kier molecular flexibility index (Phi) is 5.70. The number of aromatic carboxylic acids is 1. The molecule has 1 aliphatic rings. The predicted octanol–water partition coefficient (Wildman–Crippen LogP) is 3.70. The van der Waals surface area contributed by atoms with Gasteiger partial charge in [0.25, 0.3) is 0 Å². The van der Waals surface area contributed by atoms with Gasteiger partial charge in [-0.25, -0.2) is 9.59 Å². The van der Waals surface area contributed by atoms with E-state index in [-0.39, 0.29) is 30.7 Å². The minimum atomic E-state index is -1.15. The third-order valence-corrected chi connectivity index (χ3v) is 5.75. The predicted molar refractivity (Wildman–Crippen MR) is 114 cm³/mol. The van der Waals surface area contributed by atoms with Crippen LogP contribution >= 0.6 is 0 Å². The summed E-state index contributed by atoms with van der Waals surface area (Å²) in [5.41, 5.74) is 4.84. The van der Waals surface area contributed by atoms with Crippen molar-refractivity contribution in [2.24, 2.45) is 0 Å². The second-order valence-electron chi connectivity index (χ2n) is 7.57. The number of carboxylic acid groups (broad SMARTS) is 1. The van der Waals surface area contributed by atoms with E-state index >= 15 is 0 Å². The Morgan fingerprint density at radius 3 is 2.29 bits per heavy atom. The summed E-state index contributed by atoms with van der Waals surface area (Å²) in [4.78, 5) is 25.7. The van der Waals surface area contributed by atoms with Crippen molar-refractivity contribution in [3.8, 4) is 11.1 Å². The first-order chi connectivity index (χ1) is 15.0. The molecule has 8 heteroatoms. The van der Waals surface area contributed by atoms with Gasteiger partial charge in [0, 0.05) is 24.9 Å². The molecule has 1 aliphatic carbocycles. The maximum absolute atomic E-state index is 12.9. The van der Waals surface area contributed by atoms with Crippen LogP contribution in [-0.4, -0.2) is 56.7 Å². The number of nitrogens with zero attached hydrogens (tertiary/aromatic N) is 3. The van der Waals surface area contributed by atoms with Gasteiger partial charge < -0.3 is 14.7 Å². The third-order valence-electron chi connectivity index (χ3n) is 5.75. The number of nitrogens with one attached hydrogen (secondary N) is 1. The highest BCUT2D eigenvalue weighted by Gasteiger charge is 2.30. The number of hydrogen-bond acceptors (Lipinski definition) is 5. The second-order valence-corrected chi connectivity index (χ2v) is 7.57. The highest BCUT2D eigenvalue weighted by molar-refractivity contribution is 5.86. The molecule has 4 rings (SSSR count). The van der Waals surface area contributed by atoms with Crippen molar-refractivity contribution in [3.63, 3.8) is 0 Å². The second kappa shape index (κ2) is 8.59. The summed E-state index contributed by atoms with van der Waals surface area (Å²) in [7, 11) is 0. The fraction of sp³-hybridized carbons (Fsp3) is 0.304. The van der Waals surface area contributed by atoms with Crippen molar-refractivity contribution >= 4 is 12.1 Å². The van der Waals surface area contributed by atoms with Crippen LogP contribution in [0.2, 0.25) is 0 Å². The monoisotopic (exact) mass is 420 g/mol. The van der Waals surface area contributed by atoms with Crippen molar-refractivity contribution in [2.45, 2.75) is 32.2 Å². The van der Waals surface area contributed by atoms with Crippen LogP contribution in [0.1, 0.15) is 47.1 Å². The molecular weight excluding hydrogens is 396 g/mol. The van der Waals surface area contributed by atoms with E-state index in [1.54, 1.807) is 4.90 Å². The lowest BCUT2D eigenvalue weighted by Gasteiger charge is -2.27. The van der Waals surface area contributed by atoms with Gasteiger partial charge in [-0.2, -0.15) is 10.3 Å². The lowest BCUT2D eigenvalue weighted by atomic mass is 9.98.